The highest BCUT2D eigenvalue weighted by molar-refractivity contribution is 6.38. The first-order valence-corrected chi connectivity index (χ1v) is 6.49. The molecule has 2 nitrogen and oxygen atoms in total. The van der Waals surface area contributed by atoms with E-state index in [2.05, 4.69) is 0 Å². The number of hydrogen-bond acceptors (Lipinski definition) is 2. The van der Waals surface area contributed by atoms with Gasteiger partial charge < -0.3 is 4.42 Å². The van der Waals surface area contributed by atoms with E-state index in [4.69, 9.17) is 27.6 Å². The lowest BCUT2D eigenvalue weighted by Gasteiger charge is -1.98. The molecule has 0 fully saturated rings. The number of carbonyl (C=O) groups excluding carboxylic acids is 1. The Kier molecular flexibility index (Phi) is 3.24. The number of rotatable bonds is 2. The predicted molar refractivity (Wildman–Crippen MR) is 76.1 cm³/mol. The topological polar surface area (TPSA) is 30.2 Å². The summed E-state index contributed by atoms with van der Waals surface area (Å²) >= 11 is 11.9. The normalized spacial score (nSPS) is 10.9. The van der Waals surface area contributed by atoms with E-state index in [0.717, 1.165) is 0 Å². The molecule has 1 aromatic heterocycles. The fraction of sp³-hybridized carbons (Fsp3) is 0. The molecule has 0 spiro atoms. The van der Waals surface area contributed by atoms with E-state index in [9.17, 15) is 9.18 Å². The van der Waals surface area contributed by atoms with Crippen molar-refractivity contribution in [2.24, 2.45) is 0 Å². The first-order valence-electron chi connectivity index (χ1n) is 5.74. The van der Waals surface area contributed by atoms with E-state index in [0.29, 0.717) is 21.0 Å². The van der Waals surface area contributed by atoms with E-state index in [1.54, 1.807) is 12.1 Å². The van der Waals surface area contributed by atoms with Gasteiger partial charge in [0.2, 0.25) is 5.78 Å². The lowest BCUT2D eigenvalue weighted by Crippen LogP contribution is -2.02. The maximum Gasteiger partial charge on any atom is 0.231 e. The lowest BCUT2D eigenvalue weighted by atomic mass is 10.1. The summed E-state index contributed by atoms with van der Waals surface area (Å²) in [5.41, 5.74) is 0.310. The molecule has 100 valence electrons. The van der Waals surface area contributed by atoms with Gasteiger partial charge in [0.05, 0.1) is 10.6 Å². The van der Waals surface area contributed by atoms with Crippen molar-refractivity contribution in [2.75, 3.05) is 0 Å². The van der Waals surface area contributed by atoms with Gasteiger partial charge in [0.25, 0.3) is 0 Å². The Labute approximate surface area is 123 Å². The highest BCUT2D eigenvalue weighted by Gasteiger charge is 2.19. The molecule has 0 aliphatic heterocycles. The van der Waals surface area contributed by atoms with Gasteiger partial charge in [-0.05, 0) is 30.3 Å². The predicted octanol–water partition coefficient (Wildman–Crippen LogP) is 5.11. The van der Waals surface area contributed by atoms with E-state index < -0.39 is 11.6 Å². The largest absolute Gasteiger partial charge is 0.451 e. The van der Waals surface area contributed by atoms with Gasteiger partial charge in [-0.25, -0.2) is 4.39 Å². The van der Waals surface area contributed by atoms with E-state index in [1.165, 1.54) is 30.3 Å². The van der Waals surface area contributed by atoms with Gasteiger partial charge in [-0.15, -0.1) is 0 Å². The highest BCUT2D eigenvalue weighted by Crippen LogP contribution is 2.31. The Morgan fingerprint density at radius 3 is 2.60 bits per heavy atom. The van der Waals surface area contributed by atoms with Crippen molar-refractivity contribution in [1.82, 2.24) is 0 Å². The van der Waals surface area contributed by atoms with E-state index in [-0.39, 0.29) is 11.3 Å². The summed E-state index contributed by atoms with van der Waals surface area (Å²) in [6, 6.07) is 10.4. The van der Waals surface area contributed by atoms with Crippen molar-refractivity contribution >= 4 is 40.0 Å². The number of halogens is 3. The Morgan fingerprint density at radius 1 is 1.10 bits per heavy atom. The SMILES string of the molecule is O=C(c1cc2cc(Cl)cc(Cl)c2o1)c1ccccc1F. The molecule has 0 aliphatic carbocycles. The second kappa shape index (κ2) is 4.93. The van der Waals surface area contributed by atoms with Crippen LogP contribution in [0.15, 0.2) is 46.9 Å². The molecule has 0 saturated heterocycles. The van der Waals surface area contributed by atoms with Crippen LogP contribution in [0.2, 0.25) is 10.0 Å². The zero-order valence-electron chi connectivity index (χ0n) is 9.99. The van der Waals surface area contributed by atoms with Gasteiger partial charge in [0.15, 0.2) is 11.3 Å². The van der Waals surface area contributed by atoms with Crippen LogP contribution >= 0.6 is 23.2 Å². The number of hydrogen-bond donors (Lipinski definition) is 0. The van der Waals surface area contributed by atoms with Crippen LogP contribution in [0.5, 0.6) is 0 Å². The molecule has 2 aromatic carbocycles. The zero-order valence-corrected chi connectivity index (χ0v) is 11.5. The molecule has 0 bridgehead atoms. The fourth-order valence-corrected chi connectivity index (χ4v) is 2.51. The molecule has 0 unspecified atom stereocenters. The van der Waals surface area contributed by atoms with Crippen molar-refractivity contribution in [3.63, 3.8) is 0 Å². The molecule has 3 rings (SSSR count). The summed E-state index contributed by atoms with van der Waals surface area (Å²) in [6.45, 7) is 0. The minimum atomic E-state index is -0.595. The van der Waals surface area contributed by atoms with Crippen LogP contribution in [-0.4, -0.2) is 5.78 Å². The number of fused-ring (bicyclic) bond motifs is 1. The monoisotopic (exact) mass is 308 g/mol. The molecule has 0 saturated carbocycles. The quantitative estimate of drug-likeness (QED) is 0.616. The molecule has 0 N–H and O–H groups in total. The Morgan fingerprint density at radius 2 is 1.85 bits per heavy atom. The van der Waals surface area contributed by atoms with Crippen LogP contribution in [-0.2, 0) is 0 Å². The van der Waals surface area contributed by atoms with Crippen LogP contribution < -0.4 is 0 Å². The highest BCUT2D eigenvalue weighted by atomic mass is 35.5. The molecule has 0 aliphatic rings. The van der Waals surface area contributed by atoms with Crippen LogP contribution in [0.4, 0.5) is 4.39 Å². The summed E-state index contributed by atoms with van der Waals surface area (Å²) in [5.74, 6) is -1.11. The third kappa shape index (κ3) is 2.19. The Balaban J connectivity index is 2.14. The van der Waals surface area contributed by atoms with Gasteiger partial charge in [-0.2, -0.15) is 0 Å². The Hall–Kier alpha value is -1.84. The van der Waals surface area contributed by atoms with E-state index >= 15 is 0 Å². The molecular weight excluding hydrogens is 302 g/mol. The van der Waals surface area contributed by atoms with Crippen molar-refractivity contribution < 1.29 is 13.6 Å². The minimum absolute atomic E-state index is 0.0225. The summed E-state index contributed by atoms with van der Waals surface area (Å²) in [6.07, 6.45) is 0. The van der Waals surface area contributed by atoms with Crippen LogP contribution in [0, 0.1) is 5.82 Å². The van der Waals surface area contributed by atoms with Crippen LogP contribution in [0.1, 0.15) is 16.1 Å². The molecule has 20 heavy (non-hydrogen) atoms. The van der Waals surface area contributed by atoms with E-state index in [1.807, 2.05) is 0 Å². The molecule has 0 radical (unpaired) electrons. The smallest absolute Gasteiger partial charge is 0.231 e. The van der Waals surface area contributed by atoms with Crippen molar-refractivity contribution in [1.29, 1.82) is 0 Å². The number of furan rings is 1. The first-order chi connectivity index (χ1) is 9.56. The maximum absolute atomic E-state index is 13.6. The molecule has 3 aromatic rings. The number of ketones is 1. The third-order valence-electron chi connectivity index (χ3n) is 2.88. The average molecular weight is 309 g/mol. The van der Waals surface area contributed by atoms with Gasteiger partial charge in [-0.3, -0.25) is 4.79 Å². The first kappa shape index (κ1) is 13.2. The van der Waals surface area contributed by atoms with Gasteiger partial charge in [0.1, 0.15) is 5.82 Å². The standard InChI is InChI=1S/C15H7Cl2FO2/c16-9-5-8-6-13(20-15(8)11(17)7-9)14(19)10-3-1-2-4-12(10)18/h1-7H. The Bertz CT molecular complexity index is 824. The molecule has 5 heteroatoms. The molecular formula is C15H7Cl2FO2. The van der Waals surface area contributed by atoms with Gasteiger partial charge >= 0.3 is 0 Å². The minimum Gasteiger partial charge on any atom is -0.451 e. The molecule has 0 amide bonds. The van der Waals surface area contributed by atoms with Crippen LogP contribution in [0.3, 0.4) is 0 Å². The summed E-state index contributed by atoms with van der Waals surface area (Å²) in [7, 11) is 0. The van der Waals surface area contributed by atoms with Crippen molar-refractivity contribution in [3.8, 4) is 0 Å². The summed E-state index contributed by atoms with van der Waals surface area (Å²) in [4.78, 5) is 12.2. The lowest BCUT2D eigenvalue weighted by molar-refractivity contribution is 0.101. The summed E-state index contributed by atoms with van der Waals surface area (Å²) < 4.78 is 19.0. The molecule has 1 heterocycles. The van der Waals surface area contributed by atoms with Gasteiger partial charge in [0, 0.05) is 10.4 Å². The third-order valence-corrected chi connectivity index (χ3v) is 3.38. The second-order valence-electron chi connectivity index (χ2n) is 4.23. The molecule has 0 atom stereocenters. The zero-order chi connectivity index (χ0) is 14.3. The van der Waals surface area contributed by atoms with Crippen molar-refractivity contribution in [3.05, 3.63) is 69.7 Å². The summed E-state index contributed by atoms with van der Waals surface area (Å²) in [5, 5.41) is 1.34. The fourth-order valence-electron chi connectivity index (χ4n) is 1.97. The number of carbonyl (C=O) groups is 1. The second-order valence-corrected chi connectivity index (χ2v) is 5.07. The number of benzene rings is 2. The average Bonchev–Trinajstić information content (AvgIpc) is 2.82. The van der Waals surface area contributed by atoms with Crippen molar-refractivity contribution in [2.45, 2.75) is 0 Å². The van der Waals surface area contributed by atoms with Gasteiger partial charge in [-0.1, -0.05) is 35.3 Å². The maximum atomic E-state index is 13.6. The van der Waals surface area contributed by atoms with Crippen LogP contribution in [0.25, 0.3) is 11.0 Å².